The summed E-state index contributed by atoms with van der Waals surface area (Å²) in [4.78, 5) is 9.44. The molecule has 0 fully saturated rings. The first-order chi connectivity index (χ1) is 9.45. The van der Waals surface area contributed by atoms with Gasteiger partial charge in [-0.1, -0.05) is 60.7 Å². The number of hydrogen-bond acceptors (Lipinski definition) is 3. The summed E-state index contributed by atoms with van der Waals surface area (Å²) in [6.07, 6.45) is 6.35. The molecule has 2 aromatic carbocycles. The van der Waals surface area contributed by atoms with Gasteiger partial charge in [0.15, 0.2) is 0 Å². The van der Waals surface area contributed by atoms with Crippen molar-refractivity contribution in [1.82, 2.24) is 0 Å². The summed E-state index contributed by atoms with van der Waals surface area (Å²) in [5, 5.41) is 4.50. The van der Waals surface area contributed by atoms with Gasteiger partial charge in [-0.05, 0) is 23.3 Å². The minimum absolute atomic E-state index is 1.02. The van der Waals surface area contributed by atoms with Crippen LogP contribution in [0.15, 0.2) is 73.2 Å². The van der Waals surface area contributed by atoms with Gasteiger partial charge in [-0.2, -0.15) is 0 Å². The smallest absolute Gasteiger partial charge is 0.134 e. The highest BCUT2D eigenvalue weighted by molar-refractivity contribution is 5.47. The predicted octanol–water partition coefficient (Wildman–Crippen LogP) is 4.21. The molecule has 3 heteroatoms. The Bertz CT molecular complexity index is 469. The van der Waals surface area contributed by atoms with E-state index in [-0.39, 0.29) is 0 Å². The molecule has 0 amide bonds. The van der Waals surface area contributed by atoms with Crippen molar-refractivity contribution in [2.75, 3.05) is 0 Å². The maximum atomic E-state index is 4.72. The van der Waals surface area contributed by atoms with Gasteiger partial charge in [0.25, 0.3) is 0 Å². The van der Waals surface area contributed by atoms with Gasteiger partial charge in [-0.15, -0.1) is 0 Å². The molecule has 0 aromatic heterocycles. The Morgan fingerprint density at radius 1 is 0.579 bits per heavy atom. The van der Waals surface area contributed by atoms with Crippen molar-refractivity contribution in [2.24, 2.45) is 0 Å². The second-order valence-electron chi connectivity index (χ2n) is 3.69. The molecule has 0 atom stereocenters. The third-order valence-electron chi connectivity index (χ3n) is 2.31. The highest BCUT2D eigenvalue weighted by atomic mass is 17.5. The largest absolute Gasteiger partial charge is 0.307 e. The van der Waals surface area contributed by atoms with E-state index in [0.717, 1.165) is 11.1 Å². The molecule has 0 aliphatic rings. The van der Waals surface area contributed by atoms with Gasteiger partial charge in [0, 0.05) is 5.04 Å². The molecule has 0 radical (unpaired) electrons. The van der Waals surface area contributed by atoms with E-state index in [2.05, 4.69) is 5.04 Å². The second kappa shape index (κ2) is 7.74. The molecule has 0 aliphatic heterocycles. The van der Waals surface area contributed by atoms with Crippen LogP contribution in [0.1, 0.15) is 11.1 Å². The molecular formula is C16H14O3. The molecule has 0 aliphatic carbocycles. The molecule has 0 saturated carbocycles. The molecule has 2 aromatic rings. The average molecular weight is 254 g/mol. The standard InChI is InChI=1S/C16H14O3/c1-3-7-15(8-4-1)11-13-17-19-18-14-12-16-9-5-2-6-10-16/h1-14H. The van der Waals surface area contributed by atoms with E-state index in [9.17, 15) is 0 Å². The van der Waals surface area contributed by atoms with Crippen molar-refractivity contribution >= 4 is 12.2 Å². The van der Waals surface area contributed by atoms with Gasteiger partial charge in [0.1, 0.15) is 12.5 Å². The number of benzene rings is 2. The molecule has 0 heterocycles. The first kappa shape index (κ1) is 12.9. The highest BCUT2D eigenvalue weighted by Gasteiger charge is 1.85. The molecule has 0 N–H and O–H groups in total. The van der Waals surface area contributed by atoms with Crippen LogP contribution in [-0.4, -0.2) is 0 Å². The molecule has 19 heavy (non-hydrogen) atoms. The summed E-state index contributed by atoms with van der Waals surface area (Å²) in [6, 6.07) is 19.5. The molecule has 0 saturated heterocycles. The van der Waals surface area contributed by atoms with Crippen LogP contribution in [0.25, 0.3) is 12.2 Å². The van der Waals surface area contributed by atoms with Crippen LogP contribution in [0, 0.1) is 0 Å². The zero-order chi connectivity index (χ0) is 13.2. The lowest BCUT2D eigenvalue weighted by atomic mass is 10.2. The Labute approximate surface area is 112 Å². The van der Waals surface area contributed by atoms with E-state index >= 15 is 0 Å². The average Bonchev–Trinajstić information content (AvgIpc) is 2.48. The van der Waals surface area contributed by atoms with Gasteiger partial charge >= 0.3 is 0 Å². The molecule has 0 bridgehead atoms. The van der Waals surface area contributed by atoms with Gasteiger partial charge in [0.2, 0.25) is 0 Å². The van der Waals surface area contributed by atoms with E-state index in [4.69, 9.17) is 9.78 Å². The molecular weight excluding hydrogens is 240 g/mol. The van der Waals surface area contributed by atoms with Gasteiger partial charge in [0.05, 0.1) is 0 Å². The van der Waals surface area contributed by atoms with Crippen LogP contribution in [0.4, 0.5) is 0 Å². The fraction of sp³-hybridized carbons (Fsp3) is 0. The van der Waals surface area contributed by atoms with Gasteiger partial charge in [-0.25, -0.2) is 0 Å². The van der Waals surface area contributed by atoms with Crippen molar-refractivity contribution < 1.29 is 14.8 Å². The topological polar surface area (TPSA) is 27.7 Å². The zero-order valence-electron chi connectivity index (χ0n) is 10.3. The van der Waals surface area contributed by atoms with E-state index in [1.165, 1.54) is 12.5 Å². The maximum Gasteiger partial charge on any atom is 0.134 e. The summed E-state index contributed by atoms with van der Waals surface area (Å²) in [5.41, 5.74) is 2.04. The van der Waals surface area contributed by atoms with Gasteiger partial charge < -0.3 is 9.78 Å². The Kier molecular flexibility index (Phi) is 5.26. The first-order valence-corrected chi connectivity index (χ1v) is 5.87. The predicted molar refractivity (Wildman–Crippen MR) is 74.2 cm³/mol. The number of hydrogen-bond donors (Lipinski definition) is 0. The molecule has 3 nitrogen and oxygen atoms in total. The van der Waals surface area contributed by atoms with Gasteiger partial charge in [-0.3, -0.25) is 0 Å². The van der Waals surface area contributed by atoms with Crippen LogP contribution in [0.3, 0.4) is 0 Å². The minimum atomic E-state index is 1.02. The van der Waals surface area contributed by atoms with Crippen LogP contribution >= 0.6 is 0 Å². The SMILES string of the molecule is C(=Cc1ccccc1)OOOC=Cc1ccccc1. The second-order valence-corrected chi connectivity index (χ2v) is 3.69. The highest BCUT2D eigenvalue weighted by Crippen LogP contribution is 2.02. The zero-order valence-corrected chi connectivity index (χ0v) is 10.3. The Morgan fingerprint density at radius 2 is 1.00 bits per heavy atom. The lowest BCUT2D eigenvalue weighted by Crippen LogP contribution is -1.84. The van der Waals surface area contributed by atoms with Crippen LogP contribution in [-0.2, 0) is 14.8 Å². The minimum Gasteiger partial charge on any atom is -0.307 e. The van der Waals surface area contributed by atoms with Crippen molar-refractivity contribution in [3.63, 3.8) is 0 Å². The van der Waals surface area contributed by atoms with Crippen molar-refractivity contribution in [1.29, 1.82) is 0 Å². The Hall–Kier alpha value is -2.52. The summed E-state index contributed by atoms with van der Waals surface area (Å²) >= 11 is 0. The normalized spacial score (nSPS) is 10.9. The van der Waals surface area contributed by atoms with Crippen molar-refractivity contribution in [3.8, 4) is 0 Å². The third kappa shape index (κ3) is 5.10. The summed E-state index contributed by atoms with van der Waals surface area (Å²) in [7, 11) is 0. The van der Waals surface area contributed by atoms with E-state index in [1.54, 1.807) is 12.2 Å². The summed E-state index contributed by atoms with van der Waals surface area (Å²) < 4.78 is 0. The summed E-state index contributed by atoms with van der Waals surface area (Å²) in [6.45, 7) is 0. The lowest BCUT2D eigenvalue weighted by molar-refractivity contribution is -0.464. The molecule has 0 spiro atoms. The maximum absolute atomic E-state index is 4.72. The first-order valence-electron chi connectivity index (χ1n) is 5.87. The quantitative estimate of drug-likeness (QED) is 0.334. The van der Waals surface area contributed by atoms with E-state index in [0.29, 0.717) is 0 Å². The van der Waals surface area contributed by atoms with E-state index < -0.39 is 0 Å². The fourth-order valence-corrected chi connectivity index (χ4v) is 1.41. The van der Waals surface area contributed by atoms with Crippen LogP contribution in [0.5, 0.6) is 0 Å². The Balaban J connectivity index is 1.65. The van der Waals surface area contributed by atoms with Crippen LogP contribution in [0.2, 0.25) is 0 Å². The summed E-state index contributed by atoms with van der Waals surface area (Å²) in [5.74, 6) is 0. The monoisotopic (exact) mass is 254 g/mol. The molecule has 0 unspecified atom stereocenters. The van der Waals surface area contributed by atoms with Crippen molar-refractivity contribution in [3.05, 3.63) is 84.3 Å². The number of rotatable bonds is 6. The van der Waals surface area contributed by atoms with Crippen molar-refractivity contribution in [2.45, 2.75) is 0 Å². The fourth-order valence-electron chi connectivity index (χ4n) is 1.41. The van der Waals surface area contributed by atoms with E-state index in [1.807, 2.05) is 60.7 Å². The third-order valence-corrected chi connectivity index (χ3v) is 2.31. The molecule has 96 valence electrons. The Morgan fingerprint density at radius 3 is 1.42 bits per heavy atom. The lowest BCUT2D eigenvalue weighted by Gasteiger charge is -1.96. The molecule has 2 rings (SSSR count). The van der Waals surface area contributed by atoms with Crippen LogP contribution < -0.4 is 0 Å².